The molecule has 2 saturated heterocycles. The summed E-state index contributed by atoms with van der Waals surface area (Å²) in [6.45, 7) is 3.05. The van der Waals surface area contributed by atoms with Gasteiger partial charge in [0.25, 0.3) is 0 Å². The maximum Gasteiger partial charge on any atom is 0.244 e. The zero-order valence-corrected chi connectivity index (χ0v) is 15.8. The van der Waals surface area contributed by atoms with Crippen molar-refractivity contribution in [3.63, 3.8) is 0 Å². The first kappa shape index (κ1) is 18.9. The van der Waals surface area contributed by atoms with Gasteiger partial charge in [0.15, 0.2) is 0 Å². The van der Waals surface area contributed by atoms with Gasteiger partial charge in [-0.25, -0.2) is 8.78 Å². The number of rotatable bonds is 3. The molecule has 2 aromatic carbocycles. The van der Waals surface area contributed by atoms with Gasteiger partial charge in [0.1, 0.15) is 17.7 Å². The maximum absolute atomic E-state index is 14.9. The maximum atomic E-state index is 14.9. The molecule has 4 nitrogen and oxygen atoms in total. The van der Waals surface area contributed by atoms with E-state index in [2.05, 4.69) is 0 Å². The molecule has 0 saturated carbocycles. The molecule has 1 amide bonds. The van der Waals surface area contributed by atoms with E-state index in [4.69, 9.17) is 0 Å². The zero-order valence-electron chi connectivity index (χ0n) is 15.8. The van der Waals surface area contributed by atoms with Crippen LogP contribution >= 0.6 is 0 Å². The van der Waals surface area contributed by atoms with Crippen LogP contribution < -0.4 is 4.90 Å². The Bertz CT molecular complexity index is 871. The quantitative estimate of drug-likeness (QED) is 0.873. The molecule has 148 valence electrons. The van der Waals surface area contributed by atoms with Crippen LogP contribution in [0.3, 0.4) is 0 Å². The molecule has 28 heavy (non-hydrogen) atoms. The van der Waals surface area contributed by atoms with E-state index in [-0.39, 0.29) is 36.0 Å². The molecule has 3 atom stereocenters. The zero-order chi connectivity index (χ0) is 19.8. The summed E-state index contributed by atoms with van der Waals surface area (Å²) in [7, 11) is 0. The average molecular weight is 386 g/mol. The van der Waals surface area contributed by atoms with E-state index in [1.807, 2.05) is 4.90 Å². The Morgan fingerprint density at radius 1 is 1.07 bits per heavy atom. The molecule has 0 bridgehead atoms. The SMILES string of the molecule is Cc1ccc(N2CCC(N3CCC(c4ccc(O)cc4)C(F)C3)C2=O)cc1F. The smallest absolute Gasteiger partial charge is 0.244 e. The van der Waals surface area contributed by atoms with E-state index in [0.717, 1.165) is 5.56 Å². The van der Waals surface area contributed by atoms with E-state index >= 15 is 0 Å². The lowest BCUT2D eigenvalue weighted by Crippen LogP contribution is -2.49. The van der Waals surface area contributed by atoms with Crippen LogP contribution in [0.25, 0.3) is 0 Å². The van der Waals surface area contributed by atoms with Crippen LogP contribution in [0.4, 0.5) is 14.5 Å². The summed E-state index contributed by atoms with van der Waals surface area (Å²) in [6, 6.07) is 11.1. The number of alkyl halides is 1. The summed E-state index contributed by atoms with van der Waals surface area (Å²) in [5, 5.41) is 9.42. The lowest BCUT2D eigenvalue weighted by molar-refractivity contribution is -0.122. The molecule has 2 heterocycles. The minimum absolute atomic E-state index is 0.0847. The summed E-state index contributed by atoms with van der Waals surface area (Å²) in [6.07, 6.45) is 0.164. The number of amides is 1. The summed E-state index contributed by atoms with van der Waals surface area (Å²) in [5.74, 6) is -0.470. The largest absolute Gasteiger partial charge is 0.508 e. The average Bonchev–Trinajstić information content (AvgIpc) is 3.06. The monoisotopic (exact) mass is 386 g/mol. The summed E-state index contributed by atoms with van der Waals surface area (Å²) < 4.78 is 28.8. The molecule has 6 heteroatoms. The fourth-order valence-electron chi connectivity index (χ4n) is 4.32. The highest BCUT2D eigenvalue weighted by molar-refractivity contribution is 5.99. The van der Waals surface area contributed by atoms with Crippen LogP contribution in [0.1, 0.15) is 29.9 Å². The van der Waals surface area contributed by atoms with Crippen LogP contribution in [0, 0.1) is 12.7 Å². The fourth-order valence-corrected chi connectivity index (χ4v) is 4.32. The number of nitrogens with zero attached hydrogens (tertiary/aromatic N) is 2. The lowest BCUT2D eigenvalue weighted by Gasteiger charge is -2.37. The van der Waals surface area contributed by atoms with E-state index in [1.54, 1.807) is 48.2 Å². The van der Waals surface area contributed by atoms with Crippen molar-refractivity contribution in [3.05, 3.63) is 59.4 Å². The number of phenolic OH excluding ortho intramolecular Hbond substituents is 1. The topological polar surface area (TPSA) is 43.8 Å². The summed E-state index contributed by atoms with van der Waals surface area (Å²) in [4.78, 5) is 16.4. The third-order valence-corrected chi connectivity index (χ3v) is 5.98. The number of phenols is 1. The van der Waals surface area contributed by atoms with E-state index in [0.29, 0.717) is 37.2 Å². The lowest BCUT2D eigenvalue weighted by atomic mass is 9.87. The Hall–Kier alpha value is -2.47. The Balaban J connectivity index is 1.44. The Morgan fingerprint density at radius 3 is 2.50 bits per heavy atom. The van der Waals surface area contributed by atoms with Gasteiger partial charge in [-0.1, -0.05) is 18.2 Å². The highest BCUT2D eigenvalue weighted by Gasteiger charge is 2.41. The molecule has 2 aliphatic heterocycles. The highest BCUT2D eigenvalue weighted by atomic mass is 19.1. The number of aromatic hydroxyl groups is 1. The van der Waals surface area contributed by atoms with Crippen molar-refractivity contribution in [2.75, 3.05) is 24.5 Å². The van der Waals surface area contributed by atoms with Crippen molar-refractivity contribution < 1.29 is 18.7 Å². The number of benzene rings is 2. The van der Waals surface area contributed by atoms with Crippen LogP contribution in [0.5, 0.6) is 5.75 Å². The Morgan fingerprint density at radius 2 is 1.82 bits per heavy atom. The highest BCUT2D eigenvalue weighted by Crippen LogP contribution is 2.34. The van der Waals surface area contributed by atoms with Crippen LogP contribution in [0.2, 0.25) is 0 Å². The van der Waals surface area contributed by atoms with E-state index in [9.17, 15) is 18.7 Å². The summed E-state index contributed by atoms with van der Waals surface area (Å²) in [5.41, 5.74) is 1.98. The minimum Gasteiger partial charge on any atom is -0.508 e. The van der Waals surface area contributed by atoms with Gasteiger partial charge < -0.3 is 10.0 Å². The number of halogens is 2. The predicted molar refractivity (Wildman–Crippen MR) is 104 cm³/mol. The number of carbonyl (C=O) groups is 1. The number of likely N-dealkylation sites (tertiary alicyclic amines) is 1. The molecule has 3 unspecified atom stereocenters. The van der Waals surface area contributed by atoms with Gasteiger partial charge in [-0.15, -0.1) is 0 Å². The first-order valence-corrected chi connectivity index (χ1v) is 9.68. The molecular formula is C22H24F2N2O2. The molecule has 2 aliphatic rings. The Labute approximate surface area is 163 Å². The second kappa shape index (κ2) is 7.51. The van der Waals surface area contributed by atoms with Gasteiger partial charge in [0.2, 0.25) is 5.91 Å². The second-order valence-corrected chi connectivity index (χ2v) is 7.73. The Kier molecular flexibility index (Phi) is 5.06. The number of hydrogen-bond acceptors (Lipinski definition) is 3. The first-order valence-electron chi connectivity index (χ1n) is 9.68. The number of piperidine rings is 1. The van der Waals surface area contributed by atoms with Crippen LogP contribution in [0.15, 0.2) is 42.5 Å². The normalized spacial score (nSPS) is 26.0. The van der Waals surface area contributed by atoms with Crippen molar-refractivity contribution in [1.29, 1.82) is 0 Å². The molecule has 2 fully saturated rings. The van der Waals surface area contributed by atoms with Crippen molar-refractivity contribution in [2.45, 2.75) is 37.9 Å². The van der Waals surface area contributed by atoms with Gasteiger partial charge in [-0.3, -0.25) is 9.69 Å². The number of carbonyl (C=O) groups excluding carboxylic acids is 1. The van der Waals surface area contributed by atoms with Gasteiger partial charge in [0, 0.05) is 24.7 Å². The van der Waals surface area contributed by atoms with Gasteiger partial charge in [0.05, 0.1) is 6.04 Å². The molecule has 0 radical (unpaired) electrons. The standard InChI is InChI=1S/C22H24F2N2O2/c1-14-2-5-16(12-19(14)23)26-11-9-21(22(26)28)25-10-8-18(20(24)13-25)15-3-6-17(27)7-4-15/h2-7,12,18,20-21,27H,8-11,13H2,1H3. The van der Waals surface area contributed by atoms with Gasteiger partial charge >= 0.3 is 0 Å². The van der Waals surface area contributed by atoms with Gasteiger partial charge in [-0.2, -0.15) is 0 Å². The first-order chi connectivity index (χ1) is 13.4. The van der Waals surface area contributed by atoms with Gasteiger partial charge in [-0.05, 0) is 61.7 Å². The summed E-state index contributed by atoms with van der Waals surface area (Å²) >= 11 is 0. The fraction of sp³-hybridized carbons (Fsp3) is 0.409. The second-order valence-electron chi connectivity index (χ2n) is 7.73. The van der Waals surface area contributed by atoms with E-state index in [1.165, 1.54) is 6.07 Å². The molecule has 0 aromatic heterocycles. The molecule has 0 spiro atoms. The molecule has 4 rings (SSSR count). The molecule has 0 aliphatic carbocycles. The van der Waals surface area contributed by atoms with Crippen LogP contribution in [-0.4, -0.2) is 47.8 Å². The third kappa shape index (κ3) is 3.49. The minimum atomic E-state index is -1.07. The number of aryl methyl sites for hydroxylation is 1. The number of anilines is 1. The van der Waals surface area contributed by atoms with E-state index < -0.39 is 6.17 Å². The number of hydrogen-bond donors (Lipinski definition) is 1. The van der Waals surface area contributed by atoms with Crippen molar-refractivity contribution in [1.82, 2.24) is 4.90 Å². The third-order valence-electron chi connectivity index (χ3n) is 5.98. The molecular weight excluding hydrogens is 362 g/mol. The van der Waals surface area contributed by atoms with Crippen molar-refractivity contribution >= 4 is 11.6 Å². The molecule has 1 N–H and O–H groups in total. The van der Waals surface area contributed by atoms with Crippen molar-refractivity contribution in [3.8, 4) is 5.75 Å². The van der Waals surface area contributed by atoms with Crippen molar-refractivity contribution in [2.24, 2.45) is 0 Å². The molecule has 2 aromatic rings. The predicted octanol–water partition coefficient (Wildman–Crippen LogP) is 3.77. The van der Waals surface area contributed by atoms with Crippen LogP contribution in [-0.2, 0) is 4.79 Å².